The average Bonchev–Trinajstić information content (AvgIpc) is 3.04. The van der Waals surface area contributed by atoms with Gasteiger partial charge in [-0.1, -0.05) is 25.5 Å². The smallest absolute Gasteiger partial charge is 0.123 e. The van der Waals surface area contributed by atoms with Crippen molar-refractivity contribution in [1.82, 2.24) is 10.2 Å². The van der Waals surface area contributed by atoms with Crippen LogP contribution >= 0.6 is 11.3 Å². The van der Waals surface area contributed by atoms with E-state index in [1.807, 2.05) is 0 Å². The van der Waals surface area contributed by atoms with Gasteiger partial charge in [-0.05, 0) is 42.0 Å². The molecule has 1 aliphatic heterocycles. The molecule has 0 spiro atoms. The van der Waals surface area contributed by atoms with Gasteiger partial charge in [-0.3, -0.25) is 4.99 Å². The molecule has 1 aromatic heterocycles. The van der Waals surface area contributed by atoms with Gasteiger partial charge < -0.3 is 15.0 Å². The molecule has 0 amide bonds. The first-order valence-electron chi connectivity index (χ1n) is 8.48. The normalized spacial score (nSPS) is 13.5. The van der Waals surface area contributed by atoms with Crippen LogP contribution in [0.3, 0.4) is 0 Å². The number of ether oxygens (including phenoxy) is 1. The molecule has 0 aliphatic carbocycles. The molecule has 2 heterocycles. The zero-order chi connectivity index (χ0) is 16.9. The van der Waals surface area contributed by atoms with E-state index in [0.29, 0.717) is 13.3 Å². The van der Waals surface area contributed by atoms with Crippen LogP contribution in [0.5, 0.6) is 5.75 Å². The molecule has 24 heavy (non-hydrogen) atoms. The number of rotatable bonds is 7. The lowest BCUT2D eigenvalue weighted by molar-refractivity contribution is 0.314. The van der Waals surface area contributed by atoms with Crippen LogP contribution in [0.4, 0.5) is 0 Å². The van der Waals surface area contributed by atoms with Crippen LogP contribution in [0, 0.1) is 6.92 Å². The number of fused-ring (bicyclic) bond motifs is 1. The highest BCUT2D eigenvalue weighted by Crippen LogP contribution is 2.19. The summed E-state index contributed by atoms with van der Waals surface area (Å²) in [5, 5.41) is 6.78. The largest absolute Gasteiger partial charge is 0.491 e. The Kier molecular flexibility index (Phi) is 5.41. The number of nitrogens with zero attached hydrogens (tertiary/aromatic N) is 2. The predicted molar refractivity (Wildman–Crippen MR) is 99.8 cm³/mol. The van der Waals surface area contributed by atoms with Crippen molar-refractivity contribution >= 4 is 17.2 Å². The Morgan fingerprint density at radius 2 is 2.21 bits per heavy atom. The van der Waals surface area contributed by atoms with Gasteiger partial charge in [0.15, 0.2) is 0 Å². The summed E-state index contributed by atoms with van der Waals surface area (Å²) in [5.41, 5.74) is 2.59. The van der Waals surface area contributed by atoms with E-state index in [-0.39, 0.29) is 0 Å². The summed E-state index contributed by atoms with van der Waals surface area (Å²) < 4.78 is 7.06. The molecule has 0 unspecified atom stereocenters. The van der Waals surface area contributed by atoms with Gasteiger partial charge >= 0.3 is 0 Å². The molecule has 1 aromatic carbocycles. The molecule has 128 valence electrons. The standard InChI is InChI=1S/C19H25N3OS/c1-4-5-15-6-7-17(14(2)12-15)23-10-9-20-18-16-8-11-24-19(16)21-13-22(18)3/h6-8,11-12,20H,4-5,9-10,13H2,1-3H3. The monoisotopic (exact) mass is 343 g/mol. The molecule has 0 fully saturated rings. The molecule has 0 radical (unpaired) electrons. The average molecular weight is 343 g/mol. The molecular formula is C19H25N3OS. The van der Waals surface area contributed by atoms with Crippen molar-refractivity contribution in [3.05, 3.63) is 50.7 Å². The third kappa shape index (κ3) is 3.73. The van der Waals surface area contributed by atoms with Crippen molar-refractivity contribution in [1.29, 1.82) is 0 Å². The summed E-state index contributed by atoms with van der Waals surface area (Å²) in [6, 6.07) is 8.62. The van der Waals surface area contributed by atoms with Crippen LogP contribution < -0.4 is 19.9 Å². The Labute approximate surface area is 147 Å². The van der Waals surface area contributed by atoms with Crippen molar-refractivity contribution < 1.29 is 4.74 Å². The molecule has 2 aromatic rings. The maximum atomic E-state index is 5.95. The Hall–Kier alpha value is -2.01. The quantitative estimate of drug-likeness (QED) is 0.784. The SMILES string of the molecule is CCCc1ccc(OCCNC2=c3ccsc3=NCN2C)c(C)c1. The molecule has 0 bridgehead atoms. The van der Waals surface area contributed by atoms with Crippen molar-refractivity contribution in [2.45, 2.75) is 26.7 Å². The number of hydrogen-bond donors (Lipinski definition) is 1. The Morgan fingerprint density at radius 3 is 3.00 bits per heavy atom. The summed E-state index contributed by atoms with van der Waals surface area (Å²) in [7, 11) is 2.06. The topological polar surface area (TPSA) is 36.9 Å². The van der Waals surface area contributed by atoms with Crippen molar-refractivity contribution in [2.75, 3.05) is 26.9 Å². The van der Waals surface area contributed by atoms with Gasteiger partial charge in [0.25, 0.3) is 0 Å². The predicted octanol–water partition coefficient (Wildman–Crippen LogP) is 2.27. The Morgan fingerprint density at radius 1 is 1.33 bits per heavy atom. The third-order valence-corrected chi connectivity index (χ3v) is 4.98. The van der Waals surface area contributed by atoms with E-state index in [9.17, 15) is 0 Å². The molecule has 0 saturated heterocycles. The fourth-order valence-corrected chi connectivity index (χ4v) is 3.69. The van der Waals surface area contributed by atoms with E-state index in [1.165, 1.54) is 22.8 Å². The molecule has 0 saturated carbocycles. The summed E-state index contributed by atoms with van der Waals surface area (Å²) in [6.45, 7) is 6.43. The molecular weight excluding hydrogens is 318 g/mol. The van der Waals surface area contributed by atoms with E-state index in [0.717, 1.165) is 29.2 Å². The van der Waals surface area contributed by atoms with Gasteiger partial charge in [-0.25, -0.2) is 0 Å². The summed E-state index contributed by atoms with van der Waals surface area (Å²) >= 11 is 1.69. The minimum atomic E-state index is 0.641. The van der Waals surface area contributed by atoms with Crippen molar-refractivity contribution in [2.24, 2.45) is 4.99 Å². The lowest BCUT2D eigenvalue weighted by Gasteiger charge is -2.24. The minimum Gasteiger partial charge on any atom is -0.491 e. The second kappa shape index (κ2) is 7.71. The van der Waals surface area contributed by atoms with E-state index < -0.39 is 0 Å². The third-order valence-electron chi connectivity index (χ3n) is 4.14. The van der Waals surface area contributed by atoms with Crippen LogP contribution in [-0.4, -0.2) is 31.8 Å². The zero-order valence-corrected chi connectivity index (χ0v) is 15.4. The fourth-order valence-electron chi connectivity index (χ4n) is 2.93. The zero-order valence-electron chi connectivity index (χ0n) is 14.6. The van der Waals surface area contributed by atoms with Gasteiger partial charge in [-0.2, -0.15) is 0 Å². The second-order valence-corrected chi connectivity index (χ2v) is 7.01. The molecule has 3 rings (SSSR count). The number of benzene rings is 1. The van der Waals surface area contributed by atoms with Crippen LogP contribution in [0.15, 0.2) is 34.6 Å². The van der Waals surface area contributed by atoms with Crippen LogP contribution in [0.2, 0.25) is 0 Å². The lowest BCUT2D eigenvalue weighted by Crippen LogP contribution is -2.42. The van der Waals surface area contributed by atoms with Gasteiger partial charge in [0, 0.05) is 7.05 Å². The molecule has 1 aliphatic rings. The molecule has 4 nitrogen and oxygen atoms in total. The summed E-state index contributed by atoms with van der Waals surface area (Å²) in [4.78, 5) is 6.69. The highest BCUT2D eigenvalue weighted by molar-refractivity contribution is 7.07. The number of aryl methyl sites for hydroxylation is 2. The van der Waals surface area contributed by atoms with Gasteiger partial charge in [0.05, 0.1) is 11.8 Å². The van der Waals surface area contributed by atoms with Gasteiger partial charge in [0.2, 0.25) is 0 Å². The molecule has 5 heteroatoms. The number of nitrogens with one attached hydrogen (secondary N) is 1. The second-order valence-electron chi connectivity index (χ2n) is 6.11. The first-order chi connectivity index (χ1) is 11.7. The van der Waals surface area contributed by atoms with E-state index in [2.05, 4.69) is 65.7 Å². The summed E-state index contributed by atoms with van der Waals surface area (Å²) in [6.07, 6.45) is 2.30. The van der Waals surface area contributed by atoms with E-state index in [4.69, 9.17) is 4.74 Å². The van der Waals surface area contributed by atoms with Gasteiger partial charge in [0.1, 0.15) is 29.5 Å². The number of hydrogen-bond acceptors (Lipinski definition) is 5. The maximum absolute atomic E-state index is 5.95. The fraction of sp³-hybridized carbons (Fsp3) is 0.421. The highest BCUT2D eigenvalue weighted by Gasteiger charge is 2.11. The maximum Gasteiger partial charge on any atom is 0.123 e. The first kappa shape index (κ1) is 16.8. The molecule has 1 N–H and O–H groups in total. The molecule has 0 atom stereocenters. The highest BCUT2D eigenvalue weighted by atomic mass is 32.1. The Balaban J connectivity index is 1.58. The number of thiophene rings is 1. The van der Waals surface area contributed by atoms with Crippen LogP contribution in [0.1, 0.15) is 24.5 Å². The van der Waals surface area contributed by atoms with E-state index in [1.54, 1.807) is 11.3 Å². The Bertz CT molecular complexity index is 812. The van der Waals surface area contributed by atoms with Crippen LogP contribution in [-0.2, 0) is 6.42 Å². The van der Waals surface area contributed by atoms with Crippen molar-refractivity contribution in [3.8, 4) is 5.75 Å². The van der Waals surface area contributed by atoms with Gasteiger partial charge in [-0.15, -0.1) is 11.3 Å². The minimum absolute atomic E-state index is 0.641. The first-order valence-corrected chi connectivity index (χ1v) is 9.36. The van der Waals surface area contributed by atoms with Crippen LogP contribution in [0.25, 0.3) is 5.82 Å². The summed E-state index contributed by atoms with van der Waals surface area (Å²) in [5.74, 6) is 2.12. The lowest BCUT2D eigenvalue weighted by atomic mass is 10.1. The van der Waals surface area contributed by atoms with E-state index >= 15 is 0 Å². The van der Waals surface area contributed by atoms with Crippen molar-refractivity contribution in [3.63, 3.8) is 0 Å².